The lowest BCUT2D eigenvalue weighted by Crippen LogP contribution is -2.30. The van der Waals surface area contributed by atoms with Crippen LogP contribution in [0.3, 0.4) is 0 Å². The van der Waals surface area contributed by atoms with E-state index in [0.29, 0.717) is 24.9 Å². The molecule has 0 aliphatic rings. The molecule has 1 aromatic rings. The Morgan fingerprint density at radius 1 is 1.00 bits per heavy atom. The maximum Gasteiger partial charge on any atom is 0.306 e. The number of hydrogen-bond donors (Lipinski definition) is 3. The normalized spacial score (nSPS) is 11.8. The van der Waals surface area contributed by atoms with Crippen molar-refractivity contribution in [2.45, 2.75) is 52.5 Å². The second-order valence-corrected chi connectivity index (χ2v) is 6.26. The summed E-state index contributed by atoms with van der Waals surface area (Å²) in [7, 11) is 0. The van der Waals surface area contributed by atoms with Gasteiger partial charge in [0.25, 0.3) is 0 Å². The third kappa shape index (κ3) is 7.76. The van der Waals surface area contributed by atoms with Crippen LogP contribution in [-0.4, -0.2) is 28.9 Å². The zero-order valence-electron chi connectivity index (χ0n) is 14.5. The van der Waals surface area contributed by atoms with Crippen molar-refractivity contribution in [2.75, 3.05) is 5.32 Å². The number of anilines is 1. The number of carbonyl (C=O) groups is 3. The van der Waals surface area contributed by atoms with Gasteiger partial charge >= 0.3 is 5.97 Å². The zero-order chi connectivity index (χ0) is 18.1. The number of carbonyl (C=O) groups excluding carboxylic acids is 2. The average molecular weight is 334 g/mol. The molecule has 0 fully saturated rings. The van der Waals surface area contributed by atoms with Crippen molar-refractivity contribution in [3.63, 3.8) is 0 Å². The first-order valence-corrected chi connectivity index (χ1v) is 8.19. The summed E-state index contributed by atoms with van der Waals surface area (Å²) in [5.41, 5.74) is 1.58. The number of aliphatic carboxylic acids is 1. The Balaban J connectivity index is 2.37. The zero-order valence-corrected chi connectivity index (χ0v) is 14.5. The maximum absolute atomic E-state index is 11.8. The van der Waals surface area contributed by atoms with E-state index >= 15 is 0 Å². The number of rotatable bonds is 9. The van der Waals surface area contributed by atoms with Crippen LogP contribution >= 0.6 is 0 Å². The van der Waals surface area contributed by atoms with E-state index in [1.807, 2.05) is 26.0 Å². The van der Waals surface area contributed by atoms with Gasteiger partial charge in [-0.1, -0.05) is 19.1 Å². The van der Waals surface area contributed by atoms with Crippen LogP contribution < -0.4 is 10.6 Å². The minimum absolute atomic E-state index is 0.0466. The van der Waals surface area contributed by atoms with Gasteiger partial charge in [-0.3, -0.25) is 14.4 Å². The smallest absolute Gasteiger partial charge is 0.306 e. The van der Waals surface area contributed by atoms with Gasteiger partial charge in [-0.05, 0) is 44.4 Å². The van der Waals surface area contributed by atoms with Gasteiger partial charge in [-0.15, -0.1) is 0 Å². The summed E-state index contributed by atoms with van der Waals surface area (Å²) >= 11 is 0. The Hall–Kier alpha value is -2.37. The van der Waals surface area contributed by atoms with Crippen LogP contribution in [0.5, 0.6) is 0 Å². The molecule has 6 nitrogen and oxygen atoms in total. The minimum Gasteiger partial charge on any atom is -0.481 e. The molecule has 1 atom stereocenters. The number of carboxylic acid groups (broad SMARTS) is 1. The highest BCUT2D eigenvalue weighted by Gasteiger charge is 2.11. The molecule has 0 saturated carbocycles. The van der Waals surface area contributed by atoms with Gasteiger partial charge in [0.15, 0.2) is 0 Å². The predicted octanol–water partition coefficient (Wildman–Crippen LogP) is 2.58. The summed E-state index contributed by atoms with van der Waals surface area (Å²) < 4.78 is 0. The molecule has 0 aliphatic heterocycles. The first kappa shape index (κ1) is 19.7. The van der Waals surface area contributed by atoms with Gasteiger partial charge in [-0.25, -0.2) is 0 Å². The largest absolute Gasteiger partial charge is 0.481 e. The summed E-state index contributed by atoms with van der Waals surface area (Å²) in [6.07, 6.45) is 1.56. The Kier molecular flexibility index (Phi) is 7.95. The molecule has 6 heteroatoms. The fraction of sp³-hybridized carbons (Fsp3) is 0.500. The second kappa shape index (κ2) is 9.70. The first-order valence-electron chi connectivity index (χ1n) is 8.19. The van der Waals surface area contributed by atoms with E-state index in [1.54, 1.807) is 19.1 Å². The molecule has 1 aromatic carbocycles. The number of amides is 2. The lowest BCUT2D eigenvalue weighted by molar-refractivity contribution is -0.141. The average Bonchev–Trinajstić information content (AvgIpc) is 2.48. The monoisotopic (exact) mass is 334 g/mol. The quantitative estimate of drug-likeness (QED) is 0.647. The number of hydrogen-bond acceptors (Lipinski definition) is 3. The molecule has 3 N–H and O–H groups in total. The molecule has 2 amide bonds. The summed E-state index contributed by atoms with van der Waals surface area (Å²) in [5.74, 6) is -1.45. The molecule has 0 radical (unpaired) electrons. The Morgan fingerprint density at radius 2 is 1.58 bits per heavy atom. The molecule has 24 heavy (non-hydrogen) atoms. The van der Waals surface area contributed by atoms with Crippen LogP contribution in [0.2, 0.25) is 0 Å². The van der Waals surface area contributed by atoms with Gasteiger partial charge in [0.1, 0.15) is 0 Å². The third-order valence-electron chi connectivity index (χ3n) is 3.46. The maximum atomic E-state index is 11.8. The van der Waals surface area contributed by atoms with E-state index in [2.05, 4.69) is 10.6 Å². The molecule has 0 bridgehead atoms. The van der Waals surface area contributed by atoms with Crippen LogP contribution in [0.4, 0.5) is 5.69 Å². The second-order valence-electron chi connectivity index (χ2n) is 6.26. The van der Waals surface area contributed by atoms with Crippen LogP contribution in [0.1, 0.15) is 45.6 Å². The van der Waals surface area contributed by atoms with Crippen molar-refractivity contribution < 1.29 is 19.5 Å². The Morgan fingerprint density at radius 3 is 2.12 bits per heavy atom. The molecule has 0 spiro atoms. The molecular formula is C18H26N2O4. The van der Waals surface area contributed by atoms with Crippen molar-refractivity contribution in [2.24, 2.45) is 5.92 Å². The molecule has 0 aliphatic carbocycles. The summed E-state index contributed by atoms with van der Waals surface area (Å²) in [6.45, 7) is 5.45. The summed E-state index contributed by atoms with van der Waals surface area (Å²) in [4.78, 5) is 34.2. The van der Waals surface area contributed by atoms with Gasteiger partial charge < -0.3 is 15.7 Å². The van der Waals surface area contributed by atoms with Crippen LogP contribution in [-0.2, 0) is 20.8 Å². The van der Waals surface area contributed by atoms with E-state index in [1.165, 1.54) is 0 Å². The van der Waals surface area contributed by atoms with Crippen molar-refractivity contribution in [3.8, 4) is 0 Å². The first-order chi connectivity index (χ1) is 11.3. The third-order valence-corrected chi connectivity index (χ3v) is 3.46. The summed E-state index contributed by atoms with van der Waals surface area (Å²) in [6, 6.07) is 7.24. The van der Waals surface area contributed by atoms with Crippen molar-refractivity contribution >= 4 is 23.5 Å². The standard InChI is InChI=1S/C18H26N2O4/c1-12(2)19-16(21)5-4-6-17(22)20-15-9-7-14(8-10-15)11-13(3)18(23)24/h7-10,12-13H,4-6,11H2,1-3H3,(H,19,21)(H,20,22)(H,23,24). The number of carboxylic acids is 1. The molecular weight excluding hydrogens is 308 g/mol. The molecule has 0 aromatic heterocycles. The van der Waals surface area contributed by atoms with Crippen molar-refractivity contribution in [1.82, 2.24) is 5.32 Å². The molecule has 0 heterocycles. The topological polar surface area (TPSA) is 95.5 Å². The highest BCUT2D eigenvalue weighted by molar-refractivity contribution is 5.91. The highest BCUT2D eigenvalue weighted by atomic mass is 16.4. The lowest BCUT2D eigenvalue weighted by atomic mass is 10.0. The Bertz CT molecular complexity index is 567. The fourth-order valence-corrected chi connectivity index (χ4v) is 2.19. The van der Waals surface area contributed by atoms with E-state index in [0.717, 1.165) is 5.56 Å². The van der Waals surface area contributed by atoms with Crippen LogP contribution in [0.25, 0.3) is 0 Å². The fourth-order valence-electron chi connectivity index (χ4n) is 2.19. The van der Waals surface area contributed by atoms with E-state index in [4.69, 9.17) is 5.11 Å². The Labute approximate surface area is 142 Å². The predicted molar refractivity (Wildman–Crippen MR) is 92.7 cm³/mol. The van der Waals surface area contributed by atoms with Gasteiger partial charge in [-0.2, -0.15) is 0 Å². The van der Waals surface area contributed by atoms with Gasteiger partial charge in [0.05, 0.1) is 5.92 Å². The highest BCUT2D eigenvalue weighted by Crippen LogP contribution is 2.14. The van der Waals surface area contributed by atoms with Crippen molar-refractivity contribution in [1.29, 1.82) is 0 Å². The SMILES string of the molecule is CC(C)NC(=O)CCCC(=O)Nc1ccc(CC(C)C(=O)O)cc1. The summed E-state index contributed by atoms with van der Waals surface area (Å²) in [5, 5.41) is 14.5. The molecule has 1 rings (SSSR count). The molecule has 1 unspecified atom stereocenters. The van der Waals surface area contributed by atoms with Crippen LogP contribution in [0, 0.1) is 5.92 Å². The van der Waals surface area contributed by atoms with Gasteiger partial charge in [0, 0.05) is 24.6 Å². The molecule has 132 valence electrons. The van der Waals surface area contributed by atoms with E-state index < -0.39 is 11.9 Å². The van der Waals surface area contributed by atoms with Crippen LogP contribution in [0.15, 0.2) is 24.3 Å². The number of benzene rings is 1. The minimum atomic E-state index is -0.825. The molecule has 0 saturated heterocycles. The van der Waals surface area contributed by atoms with Gasteiger partial charge in [0.2, 0.25) is 11.8 Å². The van der Waals surface area contributed by atoms with Crippen molar-refractivity contribution in [3.05, 3.63) is 29.8 Å². The lowest BCUT2D eigenvalue weighted by Gasteiger charge is -2.09. The number of nitrogens with one attached hydrogen (secondary N) is 2. The van der Waals surface area contributed by atoms with E-state index in [-0.39, 0.29) is 24.3 Å². The van der Waals surface area contributed by atoms with E-state index in [9.17, 15) is 14.4 Å².